The maximum Gasteiger partial charge on any atom is 0.410 e. The molecule has 1 aliphatic heterocycles. The van der Waals surface area contributed by atoms with Gasteiger partial charge in [0.05, 0.1) is 0 Å². The average Bonchev–Trinajstić information content (AvgIpc) is 3.21. The number of allylic oxidation sites excluding steroid dienone is 1. The first-order chi connectivity index (χ1) is 13.4. The summed E-state index contributed by atoms with van der Waals surface area (Å²) in [5.41, 5.74) is 2.07. The van der Waals surface area contributed by atoms with Gasteiger partial charge in [0, 0.05) is 25.5 Å². The summed E-state index contributed by atoms with van der Waals surface area (Å²) in [6, 6.07) is 10.1. The van der Waals surface area contributed by atoms with E-state index in [-0.39, 0.29) is 6.09 Å². The van der Waals surface area contributed by atoms with E-state index in [0.29, 0.717) is 23.6 Å². The van der Waals surface area contributed by atoms with E-state index in [0.717, 1.165) is 19.5 Å². The molecule has 2 atom stereocenters. The van der Waals surface area contributed by atoms with Gasteiger partial charge in [-0.1, -0.05) is 18.2 Å². The van der Waals surface area contributed by atoms with E-state index < -0.39 is 5.60 Å². The number of ether oxygens (including phenoxy) is 2. The molecule has 1 amide bonds. The zero-order valence-corrected chi connectivity index (χ0v) is 16.5. The monoisotopic (exact) mass is 379 g/mol. The van der Waals surface area contributed by atoms with Crippen molar-refractivity contribution in [3.63, 3.8) is 0 Å². The molecule has 1 saturated heterocycles. The lowest BCUT2D eigenvalue weighted by Gasteiger charge is -2.24. The summed E-state index contributed by atoms with van der Waals surface area (Å²) in [5, 5.41) is 0. The lowest BCUT2D eigenvalue weighted by atomic mass is 9.98. The van der Waals surface area contributed by atoms with Crippen LogP contribution in [0.3, 0.4) is 0 Å². The van der Waals surface area contributed by atoms with E-state index in [9.17, 15) is 4.79 Å². The fourth-order valence-corrected chi connectivity index (χ4v) is 3.78. The third-order valence-corrected chi connectivity index (χ3v) is 5.02. The number of amides is 1. The molecule has 2 aromatic rings. The maximum atomic E-state index is 12.3. The van der Waals surface area contributed by atoms with Gasteiger partial charge >= 0.3 is 12.1 Å². The summed E-state index contributed by atoms with van der Waals surface area (Å²) in [6.07, 6.45) is 6.39. The number of hydrogen-bond acceptors (Lipinski definition) is 5. The van der Waals surface area contributed by atoms with Crippen LogP contribution in [0.25, 0.3) is 5.57 Å². The third kappa shape index (κ3) is 4.16. The Balaban J connectivity index is 1.38. The Hall–Kier alpha value is -2.89. The number of rotatable bonds is 3. The van der Waals surface area contributed by atoms with Crippen molar-refractivity contribution in [2.75, 3.05) is 13.1 Å². The molecule has 0 radical (unpaired) electrons. The van der Waals surface area contributed by atoms with Gasteiger partial charge in [-0.05, 0) is 68.4 Å². The van der Waals surface area contributed by atoms with E-state index in [1.165, 1.54) is 11.1 Å². The largest absolute Gasteiger partial charge is 0.444 e. The van der Waals surface area contributed by atoms with Crippen LogP contribution in [0.15, 0.2) is 48.8 Å². The Morgan fingerprint density at radius 2 is 1.82 bits per heavy atom. The molecule has 1 aliphatic carbocycles. The number of hydrogen-bond donors (Lipinski definition) is 0. The van der Waals surface area contributed by atoms with E-state index in [2.05, 4.69) is 28.2 Å². The predicted octanol–water partition coefficient (Wildman–Crippen LogP) is 4.54. The highest BCUT2D eigenvalue weighted by Gasteiger charge is 2.39. The van der Waals surface area contributed by atoms with Gasteiger partial charge in [0.2, 0.25) is 0 Å². The number of carbonyl (C=O) groups is 1. The van der Waals surface area contributed by atoms with Gasteiger partial charge in [-0.25, -0.2) is 14.8 Å². The van der Waals surface area contributed by atoms with E-state index in [1.807, 2.05) is 37.8 Å². The lowest BCUT2D eigenvalue weighted by molar-refractivity contribution is 0.0285. The lowest BCUT2D eigenvalue weighted by Crippen LogP contribution is -2.35. The molecule has 1 aromatic carbocycles. The molecule has 0 N–H and O–H groups in total. The Bertz CT molecular complexity index is 872. The van der Waals surface area contributed by atoms with Crippen LogP contribution in [0.1, 0.15) is 32.8 Å². The summed E-state index contributed by atoms with van der Waals surface area (Å²) in [6.45, 7) is 7.19. The van der Waals surface area contributed by atoms with Crippen molar-refractivity contribution >= 4 is 11.7 Å². The molecule has 1 aromatic heterocycles. The van der Waals surface area contributed by atoms with E-state index >= 15 is 0 Å². The SMILES string of the molecule is CC(C)(C)OC(=O)N1C[C@H]2CC(c3ccc(Oc4ncccn4)cc3)=C[C@H]2C1. The predicted molar refractivity (Wildman–Crippen MR) is 106 cm³/mol. The van der Waals surface area contributed by atoms with Gasteiger partial charge in [-0.2, -0.15) is 0 Å². The summed E-state index contributed by atoms with van der Waals surface area (Å²) in [4.78, 5) is 22.3. The number of aromatic nitrogens is 2. The van der Waals surface area contributed by atoms with Crippen LogP contribution >= 0.6 is 0 Å². The molecule has 28 heavy (non-hydrogen) atoms. The summed E-state index contributed by atoms with van der Waals surface area (Å²) in [5.74, 6) is 1.58. The van der Waals surface area contributed by atoms with Crippen LogP contribution in [-0.2, 0) is 4.74 Å². The molecule has 0 spiro atoms. The first-order valence-corrected chi connectivity index (χ1v) is 9.61. The van der Waals surface area contributed by atoms with Gasteiger partial charge in [-0.3, -0.25) is 0 Å². The smallest absolute Gasteiger partial charge is 0.410 e. The molecule has 0 bridgehead atoms. The van der Waals surface area contributed by atoms with Crippen LogP contribution in [0, 0.1) is 11.8 Å². The molecular formula is C22H25N3O3. The Morgan fingerprint density at radius 3 is 2.46 bits per heavy atom. The summed E-state index contributed by atoms with van der Waals surface area (Å²) in [7, 11) is 0. The molecule has 0 unspecified atom stereocenters. The van der Waals surface area contributed by atoms with Crippen LogP contribution in [-0.4, -0.2) is 39.7 Å². The molecule has 0 saturated carbocycles. The Labute approximate surface area is 165 Å². The van der Waals surface area contributed by atoms with Crippen molar-refractivity contribution < 1.29 is 14.3 Å². The second-order valence-electron chi connectivity index (χ2n) is 8.36. The van der Waals surface area contributed by atoms with Crippen LogP contribution in [0.2, 0.25) is 0 Å². The van der Waals surface area contributed by atoms with Gasteiger partial charge in [0.15, 0.2) is 0 Å². The van der Waals surface area contributed by atoms with Crippen molar-refractivity contribution in [1.82, 2.24) is 14.9 Å². The summed E-state index contributed by atoms with van der Waals surface area (Å²) >= 11 is 0. The Morgan fingerprint density at radius 1 is 1.11 bits per heavy atom. The second kappa shape index (κ2) is 7.26. The molecule has 6 heteroatoms. The number of nitrogens with zero attached hydrogens (tertiary/aromatic N) is 3. The van der Waals surface area contributed by atoms with Gasteiger partial charge < -0.3 is 14.4 Å². The number of carbonyl (C=O) groups excluding carboxylic acids is 1. The quantitative estimate of drug-likeness (QED) is 0.783. The fourth-order valence-electron chi connectivity index (χ4n) is 3.78. The zero-order chi connectivity index (χ0) is 19.7. The molecule has 2 aliphatic rings. The molecule has 4 rings (SSSR count). The minimum Gasteiger partial charge on any atom is -0.444 e. The topological polar surface area (TPSA) is 64.5 Å². The van der Waals surface area contributed by atoms with Crippen LogP contribution < -0.4 is 4.74 Å². The van der Waals surface area contributed by atoms with Gasteiger partial charge in [0.25, 0.3) is 0 Å². The van der Waals surface area contributed by atoms with Gasteiger partial charge in [-0.15, -0.1) is 0 Å². The van der Waals surface area contributed by atoms with E-state index in [1.54, 1.807) is 18.5 Å². The number of likely N-dealkylation sites (tertiary alicyclic amines) is 1. The Kier molecular flexibility index (Phi) is 4.79. The zero-order valence-electron chi connectivity index (χ0n) is 16.5. The molecule has 6 nitrogen and oxygen atoms in total. The molecular weight excluding hydrogens is 354 g/mol. The highest BCUT2D eigenvalue weighted by molar-refractivity contribution is 5.72. The normalized spacial score (nSPS) is 21.2. The van der Waals surface area contributed by atoms with Crippen molar-refractivity contribution in [3.8, 4) is 11.8 Å². The summed E-state index contributed by atoms with van der Waals surface area (Å²) < 4.78 is 11.2. The minimum atomic E-state index is -0.454. The highest BCUT2D eigenvalue weighted by Crippen LogP contribution is 2.41. The minimum absolute atomic E-state index is 0.207. The fraction of sp³-hybridized carbons (Fsp3) is 0.409. The van der Waals surface area contributed by atoms with Crippen molar-refractivity contribution in [1.29, 1.82) is 0 Å². The molecule has 146 valence electrons. The highest BCUT2D eigenvalue weighted by atomic mass is 16.6. The number of benzene rings is 1. The van der Waals surface area contributed by atoms with E-state index in [4.69, 9.17) is 9.47 Å². The van der Waals surface area contributed by atoms with Crippen molar-refractivity contribution in [3.05, 3.63) is 54.4 Å². The van der Waals surface area contributed by atoms with Crippen LogP contribution in [0.4, 0.5) is 4.79 Å². The van der Waals surface area contributed by atoms with Crippen molar-refractivity contribution in [2.24, 2.45) is 11.8 Å². The standard InChI is InChI=1S/C22H25N3O3/c1-22(2,3)28-21(26)25-13-17-11-16(12-18(17)14-25)15-5-7-19(8-6-15)27-20-23-9-4-10-24-20/h4-11,17-18H,12-14H2,1-3H3/t17-,18+/m0/s1. The molecule has 1 fully saturated rings. The second-order valence-corrected chi connectivity index (χ2v) is 8.36. The first-order valence-electron chi connectivity index (χ1n) is 9.61. The maximum absolute atomic E-state index is 12.3. The van der Waals surface area contributed by atoms with Crippen molar-refractivity contribution in [2.45, 2.75) is 32.8 Å². The van der Waals surface area contributed by atoms with Crippen LogP contribution in [0.5, 0.6) is 11.8 Å². The van der Waals surface area contributed by atoms with Gasteiger partial charge in [0.1, 0.15) is 11.4 Å². The number of fused-ring (bicyclic) bond motifs is 1. The average molecular weight is 379 g/mol. The first kappa shape index (κ1) is 18.5. The molecule has 2 heterocycles. The third-order valence-electron chi connectivity index (χ3n) is 5.02.